The van der Waals surface area contributed by atoms with Gasteiger partial charge < -0.3 is 24.7 Å². The summed E-state index contributed by atoms with van der Waals surface area (Å²) >= 11 is 1.57. The SMILES string of the molecule is O=C(O)C(=O)O.O=C1CC2COCCN2C(=O)N1CCCCN1CCN(c2nsc3ccccc23)CC1. The van der Waals surface area contributed by atoms with Gasteiger partial charge in [0.1, 0.15) is 5.82 Å². The quantitative estimate of drug-likeness (QED) is 0.413. The number of aliphatic carboxylic acids is 2. The Labute approximate surface area is 218 Å². The van der Waals surface area contributed by atoms with Gasteiger partial charge in [-0.1, -0.05) is 12.1 Å². The molecule has 1 unspecified atom stereocenters. The number of ether oxygens (including phenoxy) is 1. The number of hydrogen-bond donors (Lipinski definition) is 2. The van der Waals surface area contributed by atoms with Crippen molar-refractivity contribution in [1.29, 1.82) is 0 Å². The van der Waals surface area contributed by atoms with Gasteiger partial charge in [0.05, 0.1) is 30.4 Å². The molecule has 5 rings (SSSR count). The van der Waals surface area contributed by atoms with E-state index in [4.69, 9.17) is 24.5 Å². The molecule has 0 bridgehead atoms. The van der Waals surface area contributed by atoms with Crippen molar-refractivity contribution in [1.82, 2.24) is 19.1 Å². The number of hydrogen-bond acceptors (Lipinski definition) is 9. The molecule has 2 N–H and O–H groups in total. The monoisotopic (exact) mass is 533 g/mol. The number of anilines is 1. The molecule has 1 aromatic heterocycles. The molecule has 0 saturated carbocycles. The first-order chi connectivity index (χ1) is 17.8. The van der Waals surface area contributed by atoms with Gasteiger partial charge in [-0.25, -0.2) is 14.4 Å². The Balaban J connectivity index is 0.000000480. The normalized spacial score (nSPS) is 20.4. The Morgan fingerprint density at radius 1 is 1.00 bits per heavy atom. The number of carboxylic acid groups (broad SMARTS) is 2. The molecular weight excluding hydrogens is 502 g/mol. The summed E-state index contributed by atoms with van der Waals surface area (Å²) in [7, 11) is 0. The zero-order valence-corrected chi connectivity index (χ0v) is 21.3. The fourth-order valence-corrected chi connectivity index (χ4v) is 5.55. The number of amides is 3. The third-order valence-electron chi connectivity index (χ3n) is 6.73. The summed E-state index contributed by atoms with van der Waals surface area (Å²) in [6.07, 6.45) is 2.23. The van der Waals surface area contributed by atoms with Gasteiger partial charge in [0, 0.05) is 44.7 Å². The Hall–Kier alpha value is -3.29. The number of aromatic nitrogens is 1. The predicted molar refractivity (Wildman–Crippen MR) is 136 cm³/mol. The third kappa shape index (κ3) is 6.53. The Bertz CT molecular complexity index is 1120. The predicted octanol–water partition coefficient (Wildman–Crippen LogP) is 1.41. The number of carbonyl (C=O) groups excluding carboxylic acids is 2. The van der Waals surface area contributed by atoms with Crippen LogP contribution in [0.5, 0.6) is 0 Å². The molecule has 0 aliphatic carbocycles. The van der Waals surface area contributed by atoms with Crippen LogP contribution in [0.4, 0.5) is 10.6 Å². The van der Waals surface area contributed by atoms with Crippen molar-refractivity contribution < 1.29 is 34.1 Å². The summed E-state index contributed by atoms with van der Waals surface area (Å²) in [5.41, 5.74) is 0. The van der Waals surface area contributed by atoms with E-state index < -0.39 is 11.9 Å². The Morgan fingerprint density at radius 2 is 1.70 bits per heavy atom. The standard InChI is InChI=1S/C22H29N5O3S.C2H2O4/c28-20-15-17-16-30-14-13-26(17)22(29)27(20)8-4-3-7-24-9-11-25(12-10-24)21-18-5-1-2-6-19(18)31-23-21;3-1(4)2(5)6/h1-2,5-6,17H,3-4,7-16H2;(H,3,4)(H,5,6). The van der Waals surface area contributed by atoms with Crippen LogP contribution in [-0.2, 0) is 19.1 Å². The van der Waals surface area contributed by atoms with Crippen molar-refractivity contribution in [3.63, 3.8) is 0 Å². The molecule has 12 nitrogen and oxygen atoms in total. The highest BCUT2D eigenvalue weighted by Gasteiger charge is 2.39. The minimum Gasteiger partial charge on any atom is -0.473 e. The van der Waals surface area contributed by atoms with Crippen LogP contribution in [0.3, 0.4) is 0 Å². The second-order valence-electron chi connectivity index (χ2n) is 9.10. The molecule has 4 heterocycles. The lowest BCUT2D eigenvalue weighted by Gasteiger charge is -2.42. The van der Waals surface area contributed by atoms with Gasteiger partial charge in [0.25, 0.3) is 0 Å². The minimum atomic E-state index is -1.82. The topological polar surface area (TPSA) is 144 Å². The van der Waals surface area contributed by atoms with Crippen LogP contribution < -0.4 is 4.90 Å². The second-order valence-corrected chi connectivity index (χ2v) is 9.91. The number of carboxylic acids is 2. The Kier molecular flexibility index (Phi) is 8.90. The van der Waals surface area contributed by atoms with Crippen LogP contribution in [0.2, 0.25) is 0 Å². The van der Waals surface area contributed by atoms with Crippen molar-refractivity contribution in [2.24, 2.45) is 0 Å². The summed E-state index contributed by atoms with van der Waals surface area (Å²) in [6.45, 7) is 7.15. The van der Waals surface area contributed by atoms with Gasteiger partial charge in [-0.15, -0.1) is 0 Å². The van der Waals surface area contributed by atoms with Gasteiger partial charge in [-0.2, -0.15) is 4.37 Å². The number of unbranched alkanes of at least 4 members (excludes halogenated alkanes) is 1. The fourth-order valence-electron chi connectivity index (χ4n) is 4.76. The van der Waals surface area contributed by atoms with Gasteiger partial charge in [0.15, 0.2) is 0 Å². The van der Waals surface area contributed by atoms with Crippen LogP contribution in [0.15, 0.2) is 24.3 Å². The van der Waals surface area contributed by atoms with Crippen LogP contribution >= 0.6 is 11.5 Å². The van der Waals surface area contributed by atoms with Crippen molar-refractivity contribution >= 4 is 51.3 Å². The van der Waals surface area contributed by atoms with E-state index in [-0.39, 0.29) is 18.0 Å². The molecule has 3 aliphatic rings. The number of urea groups is 1. The van der Waals surface area contributed by atoms with E-state index in [1.165, 1.54) is 15.0 Å². The van der Waals surface area contributed by atoms with E-state index >= 15 is 0 Å². The highest BCUT2D eigenvalue weighted by Crippen LogP contribution is 2.29. The lowest BCUT2D eigenvalue weighted by atomic mass is 10.1. The first kappa shape index (κ1) is 26.8. The van der Waals surface area contributed by atoms with Crippen LogP contribution in [0.1, 0.15) is 19.3 Å². The highest BCUT2D eigenvalue weighted by atomic mass is 32.1. The molecule has 3 fully saturated rings. The molecular formula is C24H31N5O7S. The number of piperazine rings is 1. The van der Waals surface area contributed by atoms with Crippen molar-refractivity contribution in [2.75, 3.05) is 63.9 Å². The average Bonchev–Trinajstić information content (AvgIpc) is 3.33. The van der Waals surface area contributed by atoms with E-state index in [0.29, 0.717) is 32.7 Å². The van der Waals surface area contributed by atoms with Crippen LogP contribution in [0.25, 0.3) is 10.1 Å². The fraction of sp³-hybridized carbons (Fsp3) is 0.542. The lowest BCUT2D eigenvalue weighted by molar-refractivity contribution is -0.159. The maximum atomic E-state index is 12.7. The van der Waals surface area contributed by atoms with Crippen LogP contribution in [-0.4, -0.2) is 118 Å². The first-order valence-corrected chi connectivity index (χ1v) is 13.1. The van der Waals surface area contributed by atoms with E-state index in [1.54, 1.807) is 11.5 Å². The first-order valence-electron chi connectivity index (χ1n) is 12.3. The molecule has 13 heteroatoms. The van der Waals surface area contributed by atoms with Crippen molar-refractivity contribution in [3.8, 4) is 0 Å². The third-order valence-corrected chi connectivity index (χ3v) is 7.55. The number of benzene rings is 1. The van der Waals surface area contributed by atoms with E-state index in [1.807, 2.05) is 4.90 Å². The summed E-state index contributed by atoms with van der Waals surface area (Å²) in [5.74, 6) is -2.59. The molecule has 1 atom stereocenters. The number of rotatable bonds is 6. The molecule has 200 valence electrons. The van der Waals surface area contributed by atoms with E-state index in [2.05, 4.69) is 38.4 Å². The smallest absolute Gasteiger partial charge is 0.414 e. The number of imide groups is 1. The van der Waals surface area contributed by atoms with Crippen molar-refractivity contribution in [3.05, 3.63) is 24.3 Å². The minimum absolute atomic E-state index is 0.0548. The Morgan fingerprint density at radius 3 is 2.43 bits per heavy atom. The molecule has 0 spiro atoms. The second kappa shape index (κ2) is 12.3. The molecule has 1 aromatic carbocycles. The molecule has 3 aliphatic heterocycles. The zero-order chi connectivity index (χ0) is 26.4. The lowest BCUT2D eigenvalue weighted by Crippen LogP contribution is -2.60. The van der Waals surface area contributed by atoms with Gasteiger partial charge in [-0.05, 0) is 43.1 Å². The summed E-state index contributed by atoms with van der Waals surface area (Å²) < 4.78 is 11.3. The molecule has 37 heavy (non-hydrogen) atoms. The average molecular weight is 534 g/mol. The summed E-state index contributed by atoms with van der Waals surface area (Å²) in [5, 5.41) is 16.0. The zero-order valence-electron chi connectivity index (χ0n) is 20.5. The van der Waals surface area contributed by atoms with Gasteiger partial charge >= 0.3 is 18.0 Å². The van der Waals surface area contributed by atoms with E-state index in [9.17, 15) is 9.59 Å². The number of fused-ring (bicyclic) bond motifs is 2. The highest BCUT2D eigenvalue weighted by molar-refractivity contribution is 7.13. The van der Waals surface area contributed by atoms with Crippen LogP contribution in [0, 0.1) is 0 Å². The maximum absolute atomic E-state index is 12.7. The van der Waals surface area contributed by atoms with Crippen molar-refractivity contribution in [2.45, 2.75) is 25.3 Å². The molecule has 3 saturated heterocycles. The van der Waals surface area contributed by atoms with Gasteiger partial charge in [0.2, 0.25) is 5.91 Å². The van der Waals surface area contributed by atoms with Gasteiger partial charge in [-0.3, -0.25) is 14.6 Å². The largest absolute Gasteiger partial charge is 0.473 e. The molecule has 3 amide bonds. The summed E-state index contributed by atoms with van der Waals surface area (Å²) in [4.78, 5) is 51.4. The number of nitrogens with zero attached hydrogens (tertiary/aromatic N) is 5. The van der Waals surface area contributed by atoms with E-state index in [0.717, 1.165) is 51.4 Å². The summed E-state index contributed by atoms with van der Waals surface area (Å²) in [6, 6.07) is 8.22. The number of morpholine rings is 1. The molecule has 0 radical (unpaired) electrons. The molecule has 2 aromatic rings. The maximum Gasteiger partial charge on any atom is 0.414 e. The number of carbonyl (C=O) groups is 4.